The maximum atomic E-state index is 12.8. The third kappa shape index (κ3) is 2.29. The van der Waals surface area contributed by atoms with Gasteiger partial charge in [0, 0.05) is 5.56 Å². The van der Waals surface area contributed by atoms with Crippen LogP contribution in [0.2, 0.25) is 0 Å². The molecule has 0 spiro atoms. The molecular weight excluding hydrogens is 266 g/mol. The van der Waals surface area contributed by atoms with Crippen LogP contribution in [-0.4, -0.2) is 10.8 Å². The summed E-state index contributed by atoms with van der Waals surface area (Å²) >= 11 is 0. The number of rotatable bonds is 3. The molecule has 0 amide bonds. The van der Waals surface area contributed by atoms with E-state index in [1.165, 1.54) is 0 Å². The van der Waals surface area contributed by atoms with Crippen molar-refractivity contribution in [1.29, 1.82) is 0 Å². The number of nitrogens with one attached hydrogen (secondary N) is 1. The summed E-state index contributed by atoms with van der Waals surface area (Å²) < 4.78 is 5.01. The van der Waals surface area contributed by atoms with Gasteiger partial charge in [-0.1, -0.05) is 30.3 Å². The zero-order valence-corrected chi connectivity index (χ0v) is 11.8. The number of benzene rings is 2. The highest BCUT2D eigenvalue weighted by Crippen LogP contribution is 2.28. The number of aromatic nitrogens is 1. The van der Waals surface area contributed by atoms with Crippen LogP contribution < -0.4 is 5.76 Å². The molecule has 0 saturated heterocycles. The van der Waals surface area contributed by atoms with E-state index in [0.29, 0.717) is 16.7 Å². The molecule has 0 fully saturated rings. The van der Waals surface area contributed by atoms with Crippen LogP contribution in [0.15, 0.2) is 57.7 Å². The predicted octanol–water partition coefficient (Wildman–Crippen LogP) is 3.28. The maximum absolute atomic E-state index is 12.8. The molecule has 0 aliphatic rings. The molecular formula is C17H15NO3. The second-order valence-corrected chi connectivity index (χ2v) is 5.55. The number of hydrogen-bond acceptors (Lipinski definition) is 3. The van der Waals surface area contributed by atoms with Gasteiger partial charge in [-0.15, -0.1) is 0 Å². The number of fused-ring (bicyclic) bond motifs is 1. The van der Waals surface area contributed by atoms with Gasteiger partial charge in [0.05, 0.1) is 10.9 Å². The smallest absolute Gasteiger partial charge is 0.408 e. The summed E-state index contributed by atoms with van der Waals surface area (Å²) in [6, 6.07) is 14.6. The van der Waals surface area contributed by atoms with E-state index >= 15 is 0 Å². The van der Waals surface area contributed by atoms with E-state index in [9.17, 15) is 9.59 Å². The van der Waals surface area contributed by atoms with Gasteiger partial charge >= 0.3 is 5.76 Å². The van der Waals surface area contributed by atoms with Crippen molar-refractivity contribution in [2.45, 2.75) is 19.3 Å². The monoisotopic (exact) mass is 281 g/mol. The normalized spacial score (nSPS) is 11.7. The van der Waals surface area contributed by atoms with Gasteiger partial charge in [-0.05, 0) is 37.6 Å². The van der Waals surface area contributed by atoms with Gasteiger partial charge in [0.2, 0.25) is 0 Å². The summed E-state index contributed by atoms with van der Waals surface area (Å²) in [7, 11) is 0. The molecule has 0 saturated carbocycles. The number of Topliss-reactive ketones (excluding diaryl/α,β-unsaturated/α-hetero) is 1. The molecule has 106 valence electrons. The Morgan fingerprint density at radius 2 is 1.81 bits per heavy atom. The third-order valence-electron chi connectivity index (χ3n) is 3.75. The highest BCUT2D eigenvalue weighted by atomic mass is 16.4. The van der Waals surface area contributed by atoms with Crippen LogP contribution >= 0.6 is 0 Å². The standard InChI is InChI=1S/C17H15NO3/c1-17(2,12-6-4-3-5-7-12)15(19)11-8-9-13-14(10-11)21-16(20)18-13/h3-10H,1-2H3,(H,18,20). The number of oxazole rings is 1. The second-order valence-electron chi connectivity index (χ2n) is 5.55. The third-order valence-corrected chi connectivity index (χ3v) is 3.75. The first-order valence-corrected chi connectivity index (χ1v) is 6.72. The van der Waals surface area contributed by atoms with E-state index in [1.807, 2.05) is 44.2 Å². The van der Waals surface area contributed by atoms with Crippen LogP contribution in [0, 0.1) is 0 Å². The molecule has 21 heavy (non-hydrogen) atoms. The fraction of sp³-hybridized carbons (Fsp3) is 0.176. The first-order valence-electron chi connectivity index (χ1n) is 6.72. The highest BCUT2D eigenvalue weighted by molar-refractivity contribution is 6.05. The van der Waals surface area contributed by atoms with Crippen LogP contribution in [-0.2, 0) is 5.41 Å². The predicted molar refractivity (Wildman–Crippen MR) is 80.6 cm³/mol. The zero-order chi connectivity index (χ0) is 15.0. The Morgan fingerprint density at radius 1 is 1.10 bits per heavy atom. The van der Waals surface area contributed by atoms with E-state index in [4.69, 9.17) is 4.42 Å². The molecule has 2 aromatic carbocycles. The minimum atomic E-state index is -0.647. The van der Waals surface area contributed by atoms with E-state index in [-0.39, 0.29) is 5.78 Å². The zero-order valence-electron chi connectivity index (χ0n) is 11.8. The molecule has 4 heteroatoms. The quantitative estimate of drug-likeness (QED) is 0.749. The van der Waals surface area contributed by atoms with E-state index in [0.717, 1.165) is 5.56 Å². The summed E-state index contributed by atoms with van der Waals surface area (Å²) in [5.74, 6) is -0.531. The van der Waals surface area contributed by atoms with Crippen LogP contribution in [0.1, 0.15) is 29.8 Å². The summed E-state index contributed by atoms with van der Waals surface area (Å²) in [5, 5.41) is 0. The molecule has 0 radical (unpaired) electrons. The van der Waals surface area contributed by atoms with Crippen molar-refractivity contribution < 1.29 is 9.21 Å². The summed E-state index contributed by atoms with van der Waals surface area (Å²) in [6.07, 6.45) is 0. The van der Waals surface area contributed by atoms with Crippen molar-refractivity contribution in [2.75, 3.05) is 0 Å². The SMILES string of the molecule is CC(C)(C(=O)c1ccc2[nH]c(=O)oc2c1)c1ccccc1. The van der Waals surface area contributed by atoms with Crippen molar-refractivity contribution in [1.82, 2.24) is 4.98 Å². The number of H-pyrrole nitrogens is 1. The molecule has 3 aromatic rings. The van der Waals surface area contributed by atoms with Gasteiger partial charge in [-0.25, -0.2) is 4.79 Å². The van der Waals surface area contributed by atoms with Gasteiger partial charge in [0.25, 0.3) is 0 Å². The summed E-state index contributed by atoms with van der Waals surface area (Å²) in [5.41, 5.74) is 1.82. The molecule has 0 aliphatic heterocycles. The van der Waals surface area contributed by atoms with Crippen molar-refractivity contribution in [3.63, 3.8) is 0 Å². The molecule has 0 unspecified atom stereocenters. The summed E-state index contributed by atoms with van der Waals surface area (Å²) in [4.78, 5) is 26.5. The molecule has 0 aliphatic carbocycles. The fourth-order valence-corrected chi connectivity index (χ4v) is 2.43. The molecule has 1 heterocycles. The topological polar surface area (TPSA) is 63.1 Å². The molecule has 0 bridgehead atoms. The van der Waals surface area contributed by atoms with Crippen molar-refractivity contribution >= 4 is 16.9 Å². The lowest BCUT2D eigenvalue weighted by Gasteiger charge is -2.23. The highest BCUT2D eigenvalue weighted by Gasteiger charge is 2.30. The van der Waals surface area contributed by atoms with Gasteiger partial charge in [0.1, 0.15) is 0 Å². The molecule has 4 nitrogen and oxygen atoms in total. The Labute approximate surface area is 121 Å². The van der Waals surface area contributed by atoms with E-state index in [1.54, 1.807) is 18.2 Å². The number of carbonyl (C=O) groups excluding carboxylic acids is 1. The Hall–Kier alpha value is -2.62. The van der Waals surface area contributed by atoms with Crippen LogP contribution in [0.4, 0.5) is 0 Å². The molecule has 1 aromatic heterocycles. The number of carbonyl (C=O) groups is 1. The minimum absolute atomic E-state index is 0.0144. The Bertz CT molecular complexity index is 856. The fourth-order valence-electron chi connectivity index (χ4n) is 2.43. The lowest BCUT2D eigenvalue weighted by molar-refractivity contribution is 0.0909. The Balaban J connectivity index is 2.05. The van der Waals surface area contributed by atoms with Crippen molar-refractivity contribution in [3.8, 4) is 0 Å². The van der Waals surface area contributed by atoms with Crippen LogP contribution in [0.25, 0.3) is 11.1 Å². The molecule has 1 N–H and O–H groups in total. The molecule has 0 atom stereocenters. The molecule has 3 rings (SSSR count). The number of aromatic amines is 1. The maximum Gasteiger partial charge on any atom is 0.417 e. The second kappa shape index (κ2) is 4.74. The first kappa shape index (κ1) is 13.4. The largest absolute Gasteiger partial charge is 0.417 e. The van der Waals surface area contributed by atoms with Gasteiger partial charge < -0.3 is 4.42 Å². The average Bonchev–Trinajstić information content (AvgIpc) is 2.86. The lowest BCUT2D eigenvalue weighted by Crippen LogP contribution is -2.29. The number of hydrogen-bond donors (Lipinski definition) is 1. The van der Waals surface area contributed by atoms with Gasteiger partial charge in [-0.2, -0.15) is 0 Å². The van der Waals surface area contributed by atoms with Crippen LogP contribution in [0.5, 0.6) is 0 Å². The lowest BCUT2D eigenvalue weighted by atomic mass is 9.78. The van der Waals surface area contributed by atoms with Crippen molar-refractivity contribution in [3.05, 3.63) is 70.2 Å². The van der Waals surface area contributed by atoms with Gasteiger partial charge in [-0.3, -0.25) is 9.78 Å². The first-order chi connectivity index (χ1) is 9.98. The number of ketones is 1. The van der Waals surface area contributed by atoms with Gasteiger partial charge in [0.15, 0.2) is 11.4 Å². The Morgan fingerprint density at radius 3 is 2.52 bits per heavy atom. The average molecular weight is 281 g/mol. The van der Waals surface area contributed by atoms with Crippen LogP contribution in [0.3, 0.4) is 0 Å². The van der Waals surface area contributed by atoms with E-state index in [2.05, 4.69) is 4.98 Å². The van der Waals surface area contributed by atoms with E-state index < -0.39 is 11.2 Å². The summed E-state index contributed by atoms with van der Waals surface area (Å²) in [6.45, 7) is 3.78. The van der Waals surface area contributed by atoms with Crippen molar-refractivity contribution in [2.24, 2.45) is 0 Å². The minimum Gasteiger partial charge on any atom is -0.408 e. The Kier molecular flexibility index (Phi) is 3.01.